The first-order chi connectivity index (χ1) is 9.11. The minimum Gasteiger partial charge on any atom is -0.271 e. The predicted octanol–water partition coefficient (Wildman–Crippen LogP) is 3.99. The highest BCUT2D eigenvalue weighted by Crippen LogP contribution is 2.26. The standard InChI is InChI=1S/C14H13BrClFN2/c15-11-7-9(5-6-13(11)17)8-14(19-18)10-3-1-2-4-12(10)16/h1-7,14,19H,8,18H2. The highest BCUT2D eigenvalue weighted by molar-refractivity contribution is 9.10. The fourth-order valence-electron chi connectivity index (χ4n) is 1.92. The van der Waals surface area contributed by atoms with Crippen LogP contribution < -0.4 is 11.3 Å². The molecule has 3 N–H and O–H groups in total. The van der Waals surface area contributed by atoms with E-state index in [0.29, 0.717) is 15.9 Å². The van der Waals surface area contributed by atoms with Crippen LogP contribution in [0.4, 0.5) is 4.39 Å². The lowest BCUT2D eigenvalue weighted by molar-refractivity contribution is 0.550. The van der Waals surface area contributed by atoms with E-state index in [1.165, 1.54) is 6.07 Å². The van der Waals surface area contributed by atoms with E-state index in [1.807, 2.05) is 24.3 Å². The molecule has 0 aliphatic carbocycles. The average molecular weight is 344 g/mol. The summed E-state index contributed by atoms with van der Waals surface area (Å²) >= 11 is 9.33. The van der Waals surface area contributed by atoms with Crippen molar-refractivity contribution in [3.8, 4) is 0 Å². The van der Waals surface area contributed by atoms with Crippen LogP contribution in [0.15, 0.2) is 46.9 Å². The lowest BCUT2D eigenvalue weighted by Crippen LogP contribution is -2.29. The van der Waals surface area contributed by atoms with Crippen LogP contribution >= 0.6 is 27.5 Å². The fourth-order valence-corrected chi connectivity index (χ4v) is 2.61. The third-order valence-electron chi connectivity index (χ3n) is 2.91. The first-order valence-electron chi connectivity index (χ1n) is 5.76. The second-order valence-corrected chi connectivity index (χ2v) is 5.45. The molecule has 1 atom stereocenters. The summed E-state index contributed by atoms with van der Waals surface area (Å²) in [5, 5.41) is 0.659. The van der Waals surface area contributed by atoms with E-state index in [9.17, 15) is 4.39 Å². The molecule has 2 aromatic carbocycles. The van der Waals surface area contributed by atoms with Crippen molar-refractivity contribution in [3.63, 3.8) is 0 Å². The molecule has 100 valence electrons. The molecule has 0 amide bonds. The zero-order valence-electron chi connectivity index (χ0n) is 10.0. The molecular formula is C14H13BrClFN2. The van der Waals surface area contributed by atoms with E-state index in [0.717, 1.165) is 11.1 Å². The lowest BCUT2D eigenvalue weighted by atomic mass is 9.99. The molecule has 0 aliphatic rings. The molecule has 2 aromatic rings. The van der Waals surface area contributed by atoms with Crippen molar-refractivity contribution in [2.45, 2.75) is 12.5 Å². The average Bonchev–Trinajstić information content (AvgIpc) is 2.41. The first-order valence-corrected chi connectivity index (χ1v) is 6.93. The van der Waals surface area contributed by atoms with Crippen LogP contribution in [0.5, 0.6) is 0 Å². The number of nitrogens with two attached hydrogens (primary N) is 1. The largest absolute Gasteiger partial charge is 0.271 e. The van der Waals surface area contributed by atoms with Crippen LogP contribution in [-0.2, 0) is 6.42 Å². The number of hydrogen-bond donors (Lipinski definition) is 2. The van der Waals surface area contributed by atoms with Crippen LogP contribution in [0.1, 0.15) is 17.2 Å². The Morgan fingerprint density at radius 1 is 1.26 bits per heavy atom. The number of hydrazine groups is 1. The van der Waals surface area contributed by atoms with Gasteiger partial charge in [-0.05, 0) is 51.7 Å². The summed E-state index contributed by atoms with van der Waals surface area (Å²) in [4.78, 5) is 0. The van der Waals surface area contributed by atoms with Crippen LogP contribution in [0.2, 0.25) is 5.02 Å². The van der Waals surface area contributed by atoms with Crippen LogP contribution in [0.3, 0.4) is 0 Å². The van der Waals surface area contributed by atoms with Gasteiger partial charge in [-0.25, -0.2) is 4.39 Å². The summed E-state index contributed by atoms with van der Waals surface area (Å²) in [6.45, 7) is 0. The topological polar surface area (TPSA) is 38.0 Å². The Hall–Kier alpha value is -0.940. The molecule has 0 saturated carbocycles. The smallest absolute Gasteiger partial charge is 0.137 e. The number of nitrogens with one attached hydrogen (secondary N) is 1. The first kappa shape index (κ1) is 14.5. The highest BCUT2D eigenvalue weighted by Gasteiger charge is 2.14. The maximum Gasteiger partial charge on any atom is 0.137 e. The molecule has 0 aliphatic heterocycles. The molecule has 0 fully saturated rings. The van der Waals surface area contributed by atoms with E-state index in [1.54, 1.807) is 12.1 Å². The van der Waals surface area contributed by atoms with E-state index >= 15 is 0 Å². The van der Waals surface area contributed by atoms with E-state index in [2.05, 4.69) is 21.4 Å². The molecule has 19 heavy (non-hydrogen) atoms. The Morgan fingerprint density at radius 2 is 2.00 bits per heavy atom. The van der Waals surface area contributed by atoms with Crippen molar-refractivity contribution >= 4 is 27.5 Å². The molecule has 5 heteroatoms. The molecule has 2 nitrogen and oxygen atoms in total. The van der Waals surface area contributed by atoms with Gasteiger partial charge in [-0.2, -0.15) is 0 Å². The summed E-state index contributed by atoms with van der Waals surface area (Å²) in [5.41, 5.74) is 4.64. The molecule has 0 heterocycles. The second kappa shape index (κ2) is 6.48. The fraction of sp³-hybridized carbons (Fsp3) is 0.143. The number of hydrogen-bond acceptors (Lipinski definition) is 2. The van der Waals surface area contributed by atoms with Crippen molar-refractivity contribution < 1.29 is 4.39 Å². The molecule has 1 unspecified atom stereocenters. The van der Waals surface area contributed by atoms with Gasteiger partial charge in [0.1, 0.15) is 5.82 Å². The summed E-state index contributed by atoms with van der Waals surface area (Å²) in [7, 11) is 0. The van der Waals surface area contributed by atoms with Crippen LogP contribution in [0, 0.1) is 5.82 Å². The summed E-state index contributed by atoms with van der Waals surface area (Å²) in [6.07, 6.45) is 0.624. The van der Waals surface area contributed by atoms with Gasteiger partial charge in [-0.15, -0.1) is 0 Å². The Balaban J connectivity index is 2.24. The second-order valence-electron chi connectivity index (χ2n) is 4.19. The maximum absolute atomic E-state index is 13.2. The monoisotopic (exact) mass is 342 g/mol. The van der Waals surface area contributed by atoms with Gasteiger partial charge in [0, 0.05) is 5.02 Å². The van der Waals surface area contributed by atoms with Crippen LogP contribution in [-0.4, -0.2) is 0 Å². The highest BCUT2D eigenvalue weighted by atomic mass is 79.9. The minimum atomic E-state index is -0.279. The Bertz CT molecular complexity index is 577. The van der Waals surface area contributed by atoms with Gasteiger partial charge in [-0.3, -0.25) is 11.3 Å². The van der Waals surface area contributed by atoms with Crippen molar-refractivity contribution in [2.24, 2.45) is 5.84 Å². The van der Waals surface area contributed by atoms with Gasteiger partial charge >= 0.3 is 0 Å². The van der Waals surface area contributed by atoms with Crippen molar-refractivity contribution in [3.05, 3.63) is 68.9 Å². The van der Waals surface area contributed by atoms with Gasteiger partial charge in [0.25, 0.3) is 0 Å². The third-order valence-corrected chi connectivity index (χ3v) is 3.86. The Kier molecular flexibility index (Phi) is 4.93. The lowest BCUT2D eigenvalue weighted by Gasteiger charge is -2.18. The SMILES string of the molecule is NNC(Cc1ccc(F)c(Br)c1)c1ccccc1Cl. The maximum atomic E-state index is 13.2. The molecule has 0 aromatic heterocycles. The Labute approximate surface area is 124 Å². The summed E-state index contributed by atoms with van der Waals surface area (Å²) in [5.74, 6) is 5.32. The molecular weight excluding hydrogens is 331 g/mol. The van der Waals surface area contributed by atoms with Crippen molar-refractivity contribution in [2.75, 3.05) is 0 Å². The van der Waals surface area contributed by atoms with Gasteiger partial charge in [-0.1, -0.05) is 35.9 Å². The molecule has 2 rings (SSSR count). The zero-order valence-corrected chi connectivity index (χ0v) is 12.4. The van der Waals surface area contributed by atoms with Gasteiger partial charge < -0.3 is 0 Å². The number of benzene rings is 2. The minimum absolute atomic E-state index is 0.119. The number of rotatable bonds is 4. The normalized spacial score (nSPS) is 12.4. The zero-order chi connectivity index (χ0) is 13.8. The molecule has 0 radical (unpaired) electrons. The van der Waals surface area contributed by atoms with Gasteiger partial charge in [0.15, 0.2) is 0 Å². The molecule has 0 bridgehead atoms. The quantitative estimate of drug-likeness (QED) is 0.651. The van der Waals surface area contributed by atoms with Crippen molar-refractivity contribution in [1.29, 1.82) is 0 Å². The van der Waals surface area contributed by atoms with Gasteiger partial charge in [0.2, 0.25) is 0 Å². The molecule has 0 spiro atoms. The summed E-state index contributed by atoms with van der Waals surface area (Å²) in [6, 6.07) is 12.3. The summed E-state index contributed by atoms with van der Waals surface area (Å²) < 4.78 is 13.6. The third kappa shape index (κ3) is 3.54. The molecule has 0 saturated heterocycles. The van der Waals surface area contributed by atoms with E-state index in [-0.39, 0.29) is 11.9 Å². The predicted molar refractivity (Wildman–Crippen MR) is 79.3 cm³/mol. The van der Waals surface area contributed by atoms with Gasteiger partial charge in [0.05, 0.1) is 10.5 Å². The van der Waals surface area contributed by atoms with Crippen molar-refractivity contribution in [1.82, 2.24) is 5.43 Å². The van der Waals surface area contributed by atoms with Crippen LogP contribution in [0.25, 0.3) is 0 Å². The van der Waals surface area contributed by atoms with E-state index in [4.69, 9.17) is 17.4 Å². The Morgan fingerprint density at radius 3 is 2.63 bits per heavy atom. The number of halogens is 3. The van der Waals surface area contributed by atoms with E-state index < -0.39 is 0 Å².